The zero-order valence-electron chi connectivity index (χ0n) is 15.4. The third kappa shape index (κ3) is 4.53. The highest BCUT2D eigenvalue weighted by molar-refractivity contribution is 6.31. The summed E-state index contributed by atoms with van der Waals surface area (Å²) in [6, 6.07) is 23.1. The van der Waals surface area contributed by atoms with E-state index in [0.717, 1.165) is 19.5 Å². The minimum absolute atomic E-state index is 0.0837. The van der Waals surface area contributed by atoms with Gasteiger partial charge in [0, 0.05) is 18.1 Å². The van der Waals surface area contributed by atoms with Crippen LogP contribution >= 0.6 is 11.6 Å². The zero-order valence-corrected chi connectivity index (χ0v) is 16.2. The first kappa shape index (κ1) is 18.5. The molecular weight excluding hydrogens is 372 g/mol. The quantitative estimate of drug-likeness (QED) is 0.654. The van der Waals surface area contributed by atoms with Gasteiger partial charge in [-0.2, -0.15) is 0 Å². The van der Waals surface area contributed by atoms with Crippen molar-refractivity contribution in [2.75, 3.05) is 18.4 Å². The van der Waals surface area contributed by atoms with Gasteiger partial charge in [-0.05, 0) is 47.9 Å². The number of hydrogen-bond acceptors (Lipinski definition) is 3. The smallest absolute Gasteiger partial charge is 0.238 e. The van der Waals surface area contributed by atoms with Gasteiger partial charge in [0.15, 0.2) is 5.75 Å². The van der Waals surface area contributed by atoms with Gasteiger partial charge in [0.05, 0.1) is 12.2 Å². The highest BCUT2D eigenvalue weighted by Crippen LogP contribution is 2.32. The Kier molecular flexibility index (Phi) is 5.60. The van der Waals surface area contributed by atoms with Crippen LogP contribution in [0.4, 0.5) is 5.69 Å². The van der Waals surface area contributed by atoms with E-state index >= 15 is 0 Å². The van der Waals surface area contributed by atoms with Crippen molar-refractivity contribution < 1.29 is 9.53 Å². The normalized spacial score (nSPS) is 13.6. The van der Waals surface area contributed by atoms with Crippen molar-refractivity contribution in [1.29, 1.82) is 0 Å². The second-order valence-electron chi connectivity index (χ2n) is 6.83. The number of hydrogen-bond donors (Lipinski definition) is 1. The summed E-state index contributed by atoms with van der Waals surface area (Å²) in [6.07, 6.45) is 0.961. The van der Waals surface area contributed by atoms with Crippen LogP contribution in [0.1, 0.15) is 11.1 Å². The summed E-state index contributed by atoms with van der Waals surface area (Å²) in [5.41, 5.74) is 3.23. The number of rotatable bonds is 5. The SMILES string of the molecule is O=C(CN1CCc2ccccc2C1)Nc1cc(Cl)ccc1Oc1ccccc1. The number of ether oxygens (including phenoxy) is 1. The molecule has 3 aromatic rings. The molecule has 0 saturated heterocycles. The number of carbonyl (C=O) groups is 1. The first-order valence-corrected chi connectivity index (χ1v) is 9.66. The molecule has 0 radical (unpaired) electrons. The van der Waals surface area contributed by atoms with Crippen LogP contribution in [0.2, 0.25) is 5.02 Å². The van der Waals surface area contributed by atoms with Crippen LogP contribution in [0.15, 0.2) is 72.8 Å². The van der Waals surface area contributed by atoms with Crippen molar-refractivity contribution in [2.24, 2.45) is 0 Å². The monoisotopic (exact) mass is 392 g/mol. The molecule has 4 rings (SSSR count). The Morgan fingerprint density at radius 1 is 1.00 bits per heavy atom. The molecule has 3 aromatic carbocycles. The van der Waals surface area contributed by atoms with E-state index in [1.165, 1.54) is 11.1 Å². The molecule has 4 nitrogen and oxygen atoms in total. The van der Waals surface area contributed by atoms with Gasteiger partial charge >= 0.3 is 0 Å². The Bertz CT molecular complexity index is 975. The first-order valence-electron chi connectivity index (χ1n) is 9.29. The van der Waals surface area contributed by atoms with Gasteiger partial charge in [0.1, 0.15) is 5.75 Å². The lowest BCUT2D eigenvalue weighted by Crippen LogP contribution is -2.37. The lowest BCUT2D eigenvalue weighted by Gasteiger charge is -2.28. The molecule has 0 bridgehead atoms. The van der Waals surface area contributed by atoms with Crippen LogP contribution in [0, 0.1) is 0 Å². The maximum absolute atomic E-state index is 12.7. The third-order valence-electron chi connectivity index (χ3n) is 4.76. The second kappa shape index (κ2) is 8.46. The Morgan fingerprint density at radius 3 is 2.57 bits per heavy atom. The number of nitrogens with one attached hydrogen (secondary N) is 1. The molecule has 0 aliphatic carbocycles. The van der Waals surface area contributed by atoms with Crippen molar-refractivity contribution >= 4 is 23.2 Å². The number of carbonyl (C=O) groups excluding carboxylic acids is 1. The summed E-state index contributed by atoms with van der Waals surface area (Å²) in [4.78, 5) is 14.8. The van der Waals surface area contributed by atoms with Crippen LogP contribution in [0.5, 0.6) is 11.5 Å². The van der Waals surface area contributed by atoms with Crippen molar-refractivity contribution in [3.8, 4) is 11.5 Å². The summed E-state index contributed by atoms with van der Waals surface area (Å²) in [5.74, 6) is 1.18. The predicted octanol–water partition coefficient (Wildman–Crippen LogP) is 5.13. The fourth-order valence-electron chi connectivity index (χ4n) is 3.39. The van der Waals surface area contributed by atoms with Gasteiger partial charge in [0.2, 0.25) is 5.91 Å². The van der Waals surface area contributed by atoms with Crippen molar-refractivity contribution in [1.82, 2.24) is 4.90 Å². The number of nitrogens with zero attached hydrogens (tertiary/aromatic N) is 1. The molecule has 1 aliphatic rings. The van der Waals surface area contributed by atoms with Gasteiger partial charge in [-0.25, -0.2) is 0 Å². The Balaban J connectivity index is 1.44. The topological polar surface area (TPSA) is 41.6 Å². The predicted molar refractivity (Wildman–Crippen MR) is 112 cm³/mol. The average Bonchev–Trinajstić information content (AvgIpc) is 2.71. The average molecular weight is 393 g/mol. The van der Waals surface area contributed by atoms with Crippen LogP contribution < -0.4 is 10.1 Å². The third-order valence-corrected chi connectivity index (χ3v) is 5.00. The van der Waals surface area contributed by atoms with Gasteiger partial charge in [-0.15, -0.1) is 0 Å². The Morgan fingerprint density at radius 2 is 1.75 bits per heavy atom. The summed E-state index contributed by atoms with van der Waals surface area (Å²) in [6.45, 7) is 1.98. The number of benzene rings is 3. The highest BCUT2D eigenvalue weighted by Gasteiger charge is 2.19. The number of para-hydroxylation sites is 1. The van der Waals surface area contributed by atoms with Gasteiger partial charge in [-0.1, -0.05) is 54.1 Å². The van der Waals surface area contributed by atoms with Crippen molar-refractivity contribution in [3.05, 3.63) is 88.9 Å². The van der Waals surface area contributed by atoms with Crippen LogP contribution in [-0.2, 0) is 17.8 Å². The Hall–Kier alpha value is -2.82. The molecule has 0 spiro atoms. The molecule has 5 heteroatoms. The van der Waals surface area contributed by atoms with Crippen LogP contribution in [0.25, 0.3) is 0 Å². The second-order valence-corrected chi connectivity index (χ2v) is 7.27. The van der Waals surface area contributed by atoms with Gasteiger partial charge in [-0.3, -0.25) is 9.69 Å². The maximum Gasteiger partial charge on any atom is 0.238 e. The molecule has 0 fully saturated rings. The van der Waals surface area contributed by atoms with Gasteiger partial charge < -0.3 is 10.1 Å². The zero-order chi connectivity index (χ0) is 19.3. The molecule has 0 aromatic heterocycles. The van der Waals surface area contributed by atoms with Crippen molar-refractivity contribution in [3.63, 3.8) is 0 Å². The molecule has 1 aliphatic heterocycles. The van der Waals surface area contributed by atoms with E-state index in [-0.39, 0.29) is 5.91 Å². The molecule has 1 heterocycles. The molecule has 1 amide bonds. The molecule has 142 valence electrons. The maximum atomic E-state index is 12.7. The van der Waals surface area contributed by atoms with E-state index in [1.807, 2.05) is 36.4 Å². The lowest BCUT2D eigenvalue weighted by atomic mass is 10.00. The van der Waals surface area contributed by atoms with E-state index in [1.54, 1.807) is 18.2 Å². The summed E-state index contributed by atoms with van der Waals surface area (Å²) < 4.78 is 5.91. The van der Waals surface area contributed by atoms with E-state index in [0.29, 0.717) is 28.8 Å². The summed E-state index contributed by atoms with van der Waals surface area (Å²) >= 11 is 6.13. The Labute approximate surface area is 169 Å². The fourth-order valence-corrected chi connectivity index (χ4v) is 3.56. The number of fused-ring (bicyclic) bond motifs is 1. The number of anilines is 1. The number of halogens is 1. The summed E-state index contributed by atoms with van der Waals surface area (Å²) in [5, 5.41) is 3.50. The number of amides is 1. The standard InChI is InChI=1S/C23H21ClN2O2/c24-19-10-11-22(28-20-8-2-1-3-9-20)21(14-19)25-23(27)16-26-13-12-17-6-4-5-7-18(17)15-26/h1-11,14H,12-13,15-16H2,(H,25,27). The lowest BCUT2D eigenvalue weighted by molar-refractivity contribution is -0.117. The van der Waals surface area contributed by atoms with Crippen LogP contribution in [-0.4, -0.2) is 23.9 Å². The minimum atomic E-state index is -0.0837. The molecule has 28 heavy (non-hydrogen) atoms. The molecule has 0 saturated carbocycles. The van der Waals surface area contributed by atoms with E-state index in [2.05, 4.69) is 28.4 Å². The van der Waals surface area contributed by atoms with Crippen molar-refractivity contribution in [2.45, 2.75) is 13.0 Å². The van der Waals surface area contributed by atoms with Gasteiger partial charge in [0.25, 0.3) is 0 Å². The minimum Gasteiger partial charge on any atom is -0.455 e. The van der Waals surface area contributed by atoms with Crippen LogP contribution in [0.3, 0.4) is 0 Å². The molecule has 1 N–H and O–H groups in total. The van der Waals surface area contributed by atoms with E-state index < -0.39 is 0 Å². The van der Waals surface area contributed by atoms with E-state index in [4.69, 9.17) is 16.3 Å². The molecule has 0 unspecified atom stereocenters. The molecular formula is C23H21ClN2O2. The first-order chi connectivity index (χ1) is 13.7. The largest absolute Gasteiger partial charge is 0.455 e. The van der Waals surface area contributed by atoms with E-state index in [9.17, 15) is 4.79 Å². The molecule has 0 atom stereocenters. The highest BCUT2D eigenvalue weighted by atomic mass is 35.5. The summed E-state index contributed by atoms with van der Waals surface area (Å²) in [7, 11) is 0. The fraction of sp³-hybridized carbons (Fsp3) is 0.174.